The Morgan fingerprint density at radius 2 is 2.38 bits per heavy atom. The second-order valence-corrected chi connectivity index (χ2v) is 6.92. The lowest BCUT2D eigenvalue weighted by molar-refractivity contribution is 0.0822. The number of halogens is 1. The molecule has 0 bridgehead atoms. The van der Waals surface area contributed by atoms with Crippen LogP contribution in [0.2, 0.25) is 0 Å². The highest BCUT2D eigenvalue weighted by molar-refractivity contribution is 9.10. The summed E-state index contributed by atoms with van der Waals surface area (Å²) in [6.07, 6.45) is 2.01. The van der Waals surface area contributed by atoms with Gasteiger partial charge in [-0.1, -0.05) is 0 Å². The molecule has 5 heteroatoms. The molecule has 0 amide bonds. The summed E-state index contributed by atoms with van der Waals surface area (Å²) in [6.45, 7) is 4.60. The van der Waals surface area contributed by atoms with Gasteiger partial charge >= 0.3 is 0 Å². The standard InChI is InChI=1S/C11H18BrNOS2/c1-8(10-4-9(12)5-16-10)13-6-11(2,14)7-15-3/h4-5,8,13-14H,6-7H2,1-3H3. The van der Waals surface area contributed by atoms with Crippen LogP contribution in [0.4, 0.5) is 0 Å². The molecular formula is C11H18BrNOS2. The van der Waals surface area contributed by atoms with E-state index in [4.69, 9.17) is 0 Å². The predicted molar refractivity (Wildman–Crippen MR) is 77.4 cm³/mol. The fraction of sp³-hybridized carbons (Fsp3) is 0.636. The first-order valence-corrected chi connectivity index (χ1v) is 8.20. The zero-order valence-electron chi connectivity index (χ0n) is 9.79. The van der Waals surface area contributed by atoms with Crippen molar-refractivity contribution in [3.63, 3.8) is 0 Å². The van der Waals surface area contributed by atoms with Crippen LogP contribution in [0, 0.1) is 0 Å². The summed E-state index contributed by atoms with van der Waals surface area (Å²) >= 11 is 6.84. The first-order chi connectivity index (χ1) is 7.44. The Morgan fingerprint density at radius 3 is 2.88 bits per heavy atom. The molecule has 1 aromatic rings. The van der Waals surface area contributed by atoms with Crippen molar-refractivity contribution >= 4 is 39.0 Å². The molecule has 0 radical (unpaired) electrons. The van der Waals surface area contributed by atoms with E-state index in [2.05, 4.69) is 39.6 Å². The van der Waals surface area contributed by atoms with Crippen molar-refractivity contribution < 1.29 is 5.11 Å². The Kier molecular flexibility index (Phi) is 5.81. The molecule has 2 nitrogen and oxygen atoms in total. The van der Waals surface area contributed by atoms with Gasteiger partial charge in [0.2, 0.25) is 0 Å². The second-order valence-electron chi connectivity index (χ2n) is 4.20. The van der Waals surface area contributed by atoms with E-state index in [1.807, 2.05) is 13.2 Å². The number of aliphatic hydroxyl groups is 1. The average molecular weight is 324 g/mol. The molecule has 0 saturated carbocycles. The lowest BCUT2D eigenvalue weighted by Gasteiger charge is -2.24. The fourth-order valence-corrected chi connectivity index (χ4v) is 3.59. The van der Waals surface area contributed by atoms with Crippen molar-refractivity contribution in [3.05, 3.63) is 20.8 Å². The van der Waals surface area contributed by atoms with Crippen molar-refractivity contribution in [1.82, 2.24) is 5.32 Å². The summed E-state index contributed by atoms with van der Waals surface area (Å²) in [6, 6.07) is 2.40. The average Bonchev–Trinajstić information content (AvgIpc) is 2.61. The summed E-state index contributed by atoms with van der Waals surface area (Å²) in [4.78, 5) is 1.28. The molecule has 0 aromatic carbocycles. The van der Waals surface area contributed by atoms with Crippen LogP contribution in [0.15, 0.2) is 15.9 Å². The van der Waals surface area contributed by atoms with Gasteiger partial charge < -0.3 is 10.4 Å². The zero-order valence-corrected chi connectivity index (χ0v) is 13.0. The molecule has 0 spiro atoms. The van der Waals surface area contributed by atoms with Gasteiger partial charge in [-0.2, -0.15) is 11.8 Å². The fourth-order valence-electron chi connectivity index (χ4n) is 1.39. The monoisotopic (exact) mass is 323 g/mol. The molecule has 0 aliphatic carbocycles. The van der Waals surface area contributed by atoms with E-state index < -0.39 is 5.60 Å². The van der Waals surface area contributed by atoms with Gasteiger partial charge in [0, 0.05) is 33.1 Å². The Balaban J connectivity index is 2.43. The van der Waals surface area contributed by atoms with E-state index in [9.17, 15) is 5.11 Å². The molecule has 0 aliphatic rings. The van der Waals surface area contributed by atoms with Crippen LogP contribution >= 0.6 is 39.0 Å². The topological polar surface area (TPSA) is 32.3 Å². The number of thioether (sulfide) groups is 1. The first kappa shape index (κ1) is 14.5. The van der Waals surface area contributed by atoms with Crippen LogP contribution in [0.3, 0.4) is 0 Å². The minimum Gasteiger partial charge on any atom is -0.388 e. The summed E-state index contributed by atoms with van der Waals surface area (Å²) in [5.41, 5.74) is -0.637. The van der Waals surface area contributed by atoms with Gasteiger partial charge in [0.05, 0.1) is 5.60 Å². The Labute approximate surface area is 114 Å². The van der Waals surface area contributed by atoms with Gasteiger partial charge in [-0.3, -0.25) is 0 Å². The lowest BCUT2D eigenvalue weighted by atomic mass is 10.1. The number of hydrogen-bond acceptors (Lipinski definition) is 4. The van der Waals surface area contributed by atoms with Crippen molar-refractivity contribution in [3.8, 4) is 0 Å². The van der Waals surface area contributed by atoms with Gasteiger partial charge in [0.25, 0.3) is 0 Å². The summed E-state index contributed by atoms with van der Waals surface area (Å²) in [7, 11) is 0. The van der Waals surface area contributed by atoms with E-state index >= 15 is 0 Å². The van der Waals surface area contributed by atoms with Gasteiger partial charge in [0.1, 0.15) is 0 Å². The number of nitrogens with one attached hydrogen (secondary N) is 1. The van der Waals surface area contributed by atoms with Crippen molar-refractivity contribution in [2.75, 3.05) is 18.6 Å². The molecule has 0 saturated heterocycles. The van der Waals surface area contributed by atoms with E-state index in [0.29, 0.717) is 6.54 Å². The third-order valence-electron chi connectivity index (χ3n) is 2.26. The van der Waals surface area contributed by atoms with Gasteiger partial charge in [-0.25, -0.2) is 0 Å². The third kappa shape index (κ3) is 4.75. The van der Waals surface area contributed by atoms with Gasteiger partial charge in [0.15, 0.2) is 0 Å². The highest BCUT2D eigenvalue weighted by atomic mass is 79.9. The van der Waals surface area contributed by atoms with Crippen LogP contribution in [0.5, 0.6) is 0 Å². The molecule has 92 valence electrons. The van der Waals surface area contributed by atoms with Crippen molar-refractivity contribution in [1.29, 1.82) is 0 Å². The maximum atomic E-state index is 10.0. The van der Waals surface area contributed by atoms with E-state index in [1.54, 1.807) is 23.1 Å². The minimum absolute atomic E-state index is 0.282. The van der Waals surface area contributed by atoms with E-state index in [1.165, 1.54) is 4.88 Å². The van der Waals surface area contributed by atoms with E-state index in [-0.39, 0.29) is 6.04 Å². The molecule has 1 heterocycles. The highest BCUT2D eigenvalue weighted by Crippen LogP contribution is 2.25. The van der Waals surface area contributed by atoms with Crippen LogP contribution in [0.25, 0.3) is 0 Å². The largest absolute Gasteiger partial charge is 0.388 e. The normalized spacial score (nSPS) is 17.1. The molecule has 0 fully saturated rings. The first-order valence-electron chi connectivity index (χ1n) is 5.13. The van der Waals surface area contributed by atoms with Gasteiger partial charge in [-0.15, -0.1) is 11.3 Å². The molecule has 16 heavy (non-hydrogen) atoms. The van der Waals surface area contributed by atoms with Gasteiger partial charge in [-0.05, 0) is 42.1 Å². The SMILES string of the molecule is CSCC(C)(O)CNC(C)c1cc(Br)cs1. The third-order valence-corrected chi connectivity index (χ3v) is 5.05. The smallest absolute Gasteiger partial charge is 0.0833 e. The quantitative estimate of drug-likeness (QED) is 0.842. The lowest BCUT2D eigenvalue weighted by Crippen LogP contribution is -2.40. The Bertz CT molecular complexity index is 328. The van der Waals surface area contributed by atoms with Crippen molar-refractivity contribution in [2.45, 2.75) is 25.5 Å². The summed E-state index contributed by atoms with van der Waals surface area (Å²) < 4.78 is 1.12. The predicted octanol–water partition coefficient (Wildman–Crippen LogP) is 3.28. The molecule has 2 atom stereocenters. The maximum Gasteiger partial charge on any atom is 0.0833 e. The molecule has 2 N–H and O–H groups in total. The molecular weight excluding hydrogens is 306 g/mol. The zero-order chi connectivity index (χ0) is 12.2. The molecule has 2 unspecified atom stereocenters. The van der Waals surface area contributed by atoms with Crippen LogP contribution in [0.1, 0.15) is 24.8 Å². The number of hydrogen-bond donors (Lipinski definition) is 2. The van der Waals surface area contributed by atoms with Crippen LogP contribution in [-0.4, -0.2) is 29.3 Å². The second kappa shape index (κ2) is 6.40. The Hall–Kier alpha value is 0.450. The number of rotatable bonds is 6. The minimum atomic E-state index is -0.637. The highest BCUT2D eigenvalue weighted by Gasteiger charge is 2.20. The molecule has 0 aliphatic heterocycles. The van der Waals surface area contributed by atoms with Crippen LogP contribution < -0.4 is 5.32 Å². The summed E-state index contributed by atoms with van der Waals surface area (Å²) in [5, 5.41) is 15.5. The van der Waals surface area contributed by atoms with Crippen molar-refractivity contribution in [2.24, 2.45) is 0 Å². The summed E-state index contributed by atoms with van der Waals surface area (Å²) in [5.74, 6) is 0.751. The Morgan fingerprint density at radius 1 is 1.69 bits per heavy atom. The van der Waals surface area contributed by atoms with Crippen LogP contribution in [-0.2, 0) is 0 Å². The van der Waals surface area contributed by atoms with E-state index in [0.717, 1.165) is 10.2 Å². The maximum absolute atomic E-state index is 10.0. The number of thiophene rings is 1. The molecule has 1 rings (SSSR count). The molecule has 1 aromatic heterocycles.